The molecule has 0 atom stereocenters. The Kier molecular flexibility index (Phi) is 10.7. The summed E-state index contributed by atoms with van der Waals surface area (Å²) in [5.74, 6) is 2.78. The third-order valence-corrected chi connectivity index (χ3v) is 11.7. The molecule has 51 heavy (non-hydrogen) atoms. The Morgan fingerprint density at radius 3 is 1.73 bits per heavy atom. The zero-order chi connectivity index (χ0) is 34.9. The second-order valence-electron chi connectivity index (χ2n) is 12.8. The van der Waals surface area contributed by atoms with Crippen LogP contribution in [0.25, 0.3) is 20.7 Å². The Balaban J connectivity index is 0.000000122. The summed E-state index contributed by atoms with van der Waals surface area (Å²) >= 11 is 15.2. The highest BCUT2D eigenvalue weighted by atomic mass is 79.9. The van der Waals surface area contributed by atoms with Gasteiger partial charge in [0.15, 0.2) is 16.1 Å². The fraction of sp³-hybridized carbons (Fsp3) is 0.500. The molecule has 0 unspecified atom stereocenters. The first-order valence-corrected chi connectivity index (χ1v) is 20.5. The molecule has 0 spiro atoms. The molecule has 14 nitrogen and oxygen atoms in total. The molecule has 8 heterocycles. The minimum atomic E-state index is -0.160. The predicted molar refractivity (Wildman–Crippen MR) is 201 cm³/mol. The number of pyridine rings is 2. The smallest absolute Gasteiger partial charge is 0.324 e. The van der Waals surface area contributed by atoms with Gasteiger partial charge in [-0.05, 0) is 94.7 Å². The highest BCUT2D eigenvalue weighted by Crippen LogP contribution is 2.40. The molecular weight excluding hydrogens is 848 g/mol. The highest BCUT2D eigenvalue weighted by molar-refractivity contribution is 9.10. The molecule has 0 aromatic carbocycles. The number of nitrogens with zero attached hydrogens (tertiary/aromatic N) is 10. The lowest BCUT2D eigenvalue weighted by atomic mass is 10.1. The molecule has 6 aromatic heterocycles. The maximum absolute atomic E-state index is 9.38. The van der Waals surface area contributed by atoms with E-state index >= 15 is 0 Å². The Bertz CT molecular complexity index is 2090. The van der Waals surface area contributed by atoms with E-state index in [1.807, 2.05) is 24.3 Å². The minimum Gasteiger partial charge on any atom is -0.467 e. The van der Waals surface area contributed by atoms with Crippen LogP contribution < -0.4 is 14.5 Å². The summed E-state index contributed by atoms with van der Waals surface area (Å²) in [5.41, 5.74) is 1.72. The maximum atomic E-state index is 9.38. The lowest BCUT2D eigenvalue weighted by Gasteiger charge is -2.29. The largest absolute Gasteiger partial charge is 0.467 e. The Hall–Kier alpha value is -3.03. The molecule has 0 bridgehead atoms. The van der Waals surface area contributed by atoms with E-state index in [0.29, 0.717) is 33.5 Å². The van der Waals surface area contributed by atoms with Gasteiger partial charge in [-0.25, -0.2) is 19.9 Å². The Labute approximate surface area is 322 Å². The van der Waals surface area contributed by atoms with Gasteiger partial charge in [0.25, 0.3) is 5.19 Å². The summed E-state index contributed by atoms with van der Waals surface area (Å²) in [6.45, 7) is 3.33. The van der Waals surface area contributed by atoms with Crippen molar-refractivity contribution in [1.29, 1.82) is 0 Å². The molecule has 10 rings (SSSR count). The van der Waals surface area contributed by atoms with Crippen molar-refractivity contribution in [1.82, 2.24) is 40.2 Å². The molecule has 2 saturated carbocycles. The second kappa shape index (κ2) is 15.5. The van der Waals surface area contributed by atoms with Crippen LogP contribution in [0.4, 0.5) is 12.0 Å². The summed E-state index contributed by atoms with van der Waals surface area (Å²) in [6.07, 6.45) is 8.16. The number of thiazole rings is 2. The van der Waals surface area contributed by atoms with Crippen molar-refractivity contribution < 1.29 is 18.9 Å². The summed E-state index contributed by atoms with van der Waals surface area (Å²) in [4.78, 5) is 32.1. The van der Waals surface area contributed by atoms with Crippen molar-refractivity contribution in [3.8, 4) is 5.19 Å². The first-order valence-electron chi connectivity index (χ1n) is 16.9. The Morgan fingerprint density at radius 1 is 0.667 bits per heavy atom. The van der Waals surface area contributed by atoms with Crippen LogP contribution in [-0.2, 0) is 0 Å². The average Bonchev–Trinajstić information content (AvgIpc) is 3.96. The number of halogens is 3. The quantitative estimate of drug-likeness (QED) is 0.161. The van der Waals surface area contributed by atoms with Gasteiger partial charge in [-0.3, -0.25) is 0 Å². The molecule has 2 aliphatic heterocycles. The number of aliphatic hydroxyl groups is 1. The van der Waals surface area contributed by atoms with Gasteiger partial charge in [0, 0.05) is 50.9 Å². The van der Waals surface area contributed by atoms with Gasteiger partial charge in [0.1, 0.15) is 36.0 Å². The van der Waals surface area contributed by atoms with Crippen LogP contribution >= 0.6 is 66.1 Å². The molecule has 19 heteroatoms. The van der Waals surface area contributed by atoms with E-state index in [1.165, 1.54) is 48.4 Å². The highest BCUT2D eigenvalue weighted by Gasteiger charge is 2.32. The summed E-state index contributed by atoms with van der Waals surface area (Å²) in [7, 11) is 0. The number of aliphatic hydroxyl groups excluding tert-OH is 1. The fourth-order valence-electron chi connectivity index (χ4n) is 5.68. The minimum absolute atomic E-state index is 0.158. The fourth-order valence-corrected chi connectivity index (χ4v) is 8.37. The molecule has 4 fully saturated rings. The van der Waals surface area contributed by atoms with E-state index in [-0.39, 0.29) is 12.2 Å². The number of rotatable bonds is 6. The van der Waals surface area contributed by atoms with E-state index in [9.17, 15) is 5.11 Å². The molecule has 2 aliphatic carbocycles. The number of anilines is 2. The van der Waals surface area contributed by atoms with Crippen molar-refractivity contribution >= 4 is 98.9 Å². The number of hydrogen-bond acceptors (Lipinski definition) is 16. The number of aromatic nitrogens is 8. The average molecular weight is 881 g/mol. The van der Waals surface area contributed by atoms with E-state index in [0.717, 1.165) is 93.4 Å². The number of piperidine rings is 2. The van der Waals surface area contributed by atoms with Crippen molar-refractivity contribution in [2.24, 2.45) is 0 Å². The first-order chi connectivity index (χ1) is 24.8. The van der Waals surface area contributed by atoms with Crippen LogP contribution in [0.15, 0.2) is 42.5 Å². The number of fused-ring (bicyclic) bond motifs is 2. The summed E-state index contributed by atoms with van der Waals surface area (Å²) in [6, 6.07) is 8.85. The van der Waals surface area contributed by atoms with Gasteiger partial charge < -0.3 is 28.7 Å². The van der Waals surface area contributed by atoms with Crippen molar-refractivity contribution in [2.45, 2.75) is 75.4 Å². The molecule has 1 N–H and O–H groups in total. The van der Waals surface area contributed by atoms with Gasteiger partial charge in [0.2, 0.25) is 0 Å². The van der Waals surface area contributed by atoms with Crippen LogP contribution in [0.1, 0.15) is 74.9 Å². The van der Waals surface area contributed by atoms with E-state index < -0.39 is 0 Å². The standard InChI is InChI=1S/C16H16BrN5O2S.C10H15N3O2.C6H2BrClN2S/c17-12-4-3-11-14(19-12)25-16(18-11)23-10-5-7-22(8-6-10)15-20-13(21-24-15)9-1-2-9;14-8-3-5-13(6-4-8)10-11-9(12-15-10)7-1-2-7;7-4-2-1-3-5(10-4)11-6(8)9-3/h3-4,9-10H,1-2,5-8H2;7-8,14H,1-6H2;1-2H. The number of hydrogen-bond donors (Lipinski definition) is 1. The van der Waals surface area contributed by atoms with Crippen LogP contribution in [0.2, 0.25) is 4.47 Å². The Morgan fingerprint density at radius 2 is 1.18 bits per heavy atom. The third kappa shape index (κ3) is 8.96. The molecule has 0 amide bonds. The van der Waals surface area contributed by atoms with Crippen LogP contribution in [-0.4, -0.2) is 83.7 Å². The van der Waals surface area contributed by atoms with Crippen LogP contribution in [0.5, 0.6) is 5.19 Å². The first kappa shape index (κ1) is 35.0. The zero-order valence-electron chi connectivity index (χ0n) is 27.2. The van der Waals surface area contributed by atoms with Crippen molar-refractivity contribution in [3.63, 3.8) is 0 Å². The molecule has 6 aromatic rings. The molecule has 268 valence electrons. The van der Waals surface area contributed by atoms with Crippen molar-refractivity contribution in [2.75, 3.05) is 36.0 Å². The molecular formula is C32H33Br2ClN10O4S2. The normalized spacial score (nSPS) is 18.4. The lowest BCUT2D eigenvalue weighted by molar-refractivity contribution is 0.143. The summed E-state index contributed by atoms with van der Waals surface area (Å²) in [5, 5.41) is 18.1. The molecule has 4 aliphatic rings. The van der Waals surface area contributed by atoms with Crippen LogP contribution in [0, 0.1) is 0 Å². The zero-order valence-corrected chi connectivity index (χ0v) is 32.8. The number of ether oxygens (including phenoxy) is 1. The predicted octanol–water partition coefficient (Wildman–Crippen LogP) is 7.78. The SMILES string of the molecule is Brc1ccc2nc(OC3CCN(c4nc(C5CC5)no4)CC3)sc2n1.Clc1nc2ccc(Br)nc2s1.OC1CCN(c2nc(C3CC3)no2)CC1. The van der Waals surface area contributed by atoms with E-state index in [4.69, 9.17) is 25.4 Å². The van der Waals surface area contributed by atoms with Gasteiger partial charge in [-0.1, -0.05) is 44.6 Å². The van der Waals surface area contributed by atoms with Gasteiger partial charge in [0.05, 0.1) is 6.10 Å². The van der Waals surface area contributed by atoms with E-state index in [2.05, 4.69) is 81.9 Å². The third-order valence-electron chi connectivity index (χ3n) is 8.86. The lowest BCUT2D eigenvalue weighted by Crippen LogP contribution is -2.38. The molecule has 2 saturated heterocycles. The molecule has 0 radical (unpaired) electrons. The monoisotopic (exact) mass is 878 g/mol. The van der Waals surface area contributed by atoms with Gasteiger partial charge in [-0.15, -0.1) is 0 Å². The van der Waals surface area contributed by atoms with Crippen LogP contribution in [0.3, 0.4) is 0 Å². The summed E-state index contributed by atoms with van der Waals surface area (Å²) < 4.78 is 18.9. The topological polar surface area (TPSA) is 165 Å². The van der Waals surface area contributed by atoms with Crippen molar-refractivity contribution in [3.05, 3.63) is 49.6 Å². The second-order valence-corrected chi connectivity index (χ2v) is 16.9. The maximum Gasteiger partial charge on any atom is 0.324 e. The van der Waals surface area contributed by atoms with E-state index in [1.54, 1.807) is 0 Å². The van der Waals surface area contributed by atoms with Gasteiger partial charge >= 0.3 is 12.0 Å². The van der Waals surface area contributed by atoms with Gasteiger partial charge in [-0.2, -0.15) is 9.97 Å².